The third-order valence-corrected chi connectivity index (χ3v) is 4.27. The van der Waals surface area contributed by atoms with Crippen LogP contribution in [-0.4, -0.2) is 21.9 Å². The summed E-state index contributed by atoms with van der Waals surface area (Å²) < 4.78 is 47.4. The highest BCUT2D eigenvalue weighted by Gasteiger charge is 2.49. The molecule has 0 radical (unpaired) electrons. The fourth-order valence-electron chi connectivity index (χ4n) is 3.10. The van der Waals surface area contributed by atoms with Gasteiger partial charge in [-0.2, -0.15) is 19.1 Å². The summed E-state index contributed by atoms with van der Waals surface area (Å²) in [5.74, 6) is -5.56. The zero-order valence-corrected chi connectivity index (χ0v) is 13.6. The third kappa shape index (κ3) is 2.83. The second kappa shape index (κ2) is 5.99. The van der Waals surface area contributed by atoms with Crippen molar-refractivity contribution < 1.29 is 22.7 Å². The van der Waals surface area contributed by atoms with Crippen LogP contribution in [0.15, 0.2) is 42.7 Å². The van der Waals surface area contributed by atoms with Crippen LogP contribution in [0.2, 0.25) is 0 Å². The first-order valence-electron chi connectivity index (χ1n) is 7.85. The number of ether oxygens (including phenoxy) is 1. The Morgan fingerprint density at radius 1 is 1.26 bits per heavy atom. The van der Waals surface area contributed by atoms with E-state index in [0.717, 1.165) is 12.1 Å². The molecule has 1 aromatic heterocycles. The number of H-pyrrole nitrogens is 1. The maximum Gasteiger partial charge on any atom is 0.313 e. The van der Waals surface area contributed by atoms with Gasteiger partial charge >= 0.3 is 5.92 Å². The standard InChI is InChI=1S/C19H10F3N3O2/c20-12-3-10(7-23)4-13(5-12)27-16-2-1-14(11-8-24-25-9-11)17-15(16)6-19(21,22)18(17)26/h1-5,8-9H,6H2,(H,24,25). The van der Waals surface area contributed by atoms with Gasteiger partial charge in [-0.3, -0.25) is 9.89 Å². The number of nitrogens with zero attached hydrogens (tertiary/aromatic N) is 2. The van der Waals surface area contributed by atoms with Crippen molar-refractivity contribution in [3.63, 3.8) is 0 Å². The highest BCUT2D eigenvalue weighted by atomic mass is 19.3. The van der Waals surface area contributed by atoms with E-state index in [4.69, 9.17) is 10.00 Å². The van der Waals surface area contributed by atoms with Crippen molar-refractivity contribution in [1.29, 1.82) is 5.26 Å². The maximum absolute atomic E-state index is 14.1. The van der Waals surface area contributed by atoms with E-state index < -0.39 is 23.9 Å². The van der Waals surface area contributed by atoms with Gasteiger partial charge in [-0.25, -0.2) is 4.39 Å². The SMILES string of the molecule is N#Cc1cc(F)cc(Oc2ccc(-c3cn[nH]c3)c3c2CC(F)(F)C3=O)c1. The molecule has 3 aromatic rings. The summed E-state index contributed by atoms with van der Waals surface area (Å²) in [5, 5.41) is 15.3. The minimum atomic E-state index is -3.56. The van der Waals surface area contributed by atoms with E-state index in [2.05, 4.69) is 10.2 Å². The van der Waals surface area contributed by atoms with Crippen LogP contribution >= 0.6 is 0 Å². The van der Waals surface area contributed by atoms with Crippen LogP contribution in [0.3, 0.4) is 0 Å². The molecule has 0 unspecified atom stereocenters. The van der Waals surface area contributed by atoms with Gasteiger partial charge in [-0.1, -0.05) is 0 Å². The molecule has 4 rings (SSSR count). The maximum atomic E-state index is 14.1. The Morgan fingerprint density at radius 2 is 2.07 bits per heavy atom. The van der Waals surface area contributed by atoms with Gasteiger partial charge in [0.25, 0.3) is 0 Å². The lowest BCUT2D eigenvalue weighted by Crippen LogP contribution is -2.23. The molecule has 0 amide bonds. The highest BCUT2D eigenvalue weighted by molar-refractivity contribution is 6.11. The number of alkyl halides is 2. The average molecular weight is 369 g/mol. The largest absolute Gasteiger partial charge is 0.457 e. The number of aromatic nitrogens is 2. The van der Waals surface area contributed by atoms with Crippen LogP contribution in [-0.2, 0) is 6.42 Å². The molecule has 0 saturated heterocycles. The fraction of sp³-hybridized carbons (Fsp3) is 0.105. The minimum Gasteiger partial charge on any atom is -0.457 e. The molecule has 5 nitrogen and oxygen atoms in total. The average Bonchev–Trinajstić information content (AvgIpc) is 3.23. The molecule has 1 aliphatic rings. The molecule has 0 aliphatic heterocycles. The van der Waals surface area contributed by atoms with Gasteiger partial charge in [0, 0.05) is 35.4 Å². The number of Topliss-reactive ketones (excluding diaryl/α,β-unsaturated/α-hetero) is 1. The van der Waals surface area contributed by atoms with Gasteiger partial charge in [0.2, 0.25) is 5.78 Å². The molecule has 1 heterocycles. The van der Waals surface area contributed by atoms with E-state index in [0.29, 0.717) is 11.1 Å². The Kier molecular flexibility index (Phi) is 3.73. The lowest BCUT2D eigenvalue weighted by Gasteiger charge is -2.12. The first-order valence-corrected chi connectivity index (χ1v) is 7.85. The van der Waals surface area contributed by atoms with Crippen molar-refractivity contribution in [3.05, 3.63) is 65.2 Å². The summed E-state index contributed by atoms with van der Waals surface area (Å²) in [4.78, 5) is 12.3. The van der Waals surface area contributed by atoms with Crippen LogP contribution in [0.1, 0.15) is 21.5 Å². The number of nitriles is 1. The van der Waals surface area contributed by atoms with Crippen molar-refractivity contribution in [2.45, 2.75) is 12.3 Å². The zero-order valence-electron chi connectivity index (χ0n) is 13.6. The van der Waals surface area contributed by atoms with E-state index in [1.165, 1.54) is 30.6 Å². The van der Waals surface area contributed by atoms with Gasteiger partial charge in [-0.15, -0.1) is 0 Å². The summed E-state index contributed by atoms with van der Waals surface area (Å²) in [6.07, 6.45) is 2.10. The lowest BCUT2D eigenvalue weighted by atomic mass is 9.98. The van der Waals surface area contributed by atoms with Gasteiger partial charge in [0.15, 0.2) is 0 Å². The second-order valence-corrected chi connectivity index (χ2v) is 6.05. The summed E-state index contributed by atoms with van der Waals surface area (Å²) in [6.45, 7) is 0. The normalized spacial score (nSPS) is 14.7. The van der Waals surface area contributed by atoms with Crippen LogP contribution in [0.25, 0.3) is 11.1 Å². The Hall–Kier alpha value is -3.60. The van der Waals surface area contributed by atoms with Crippen LogP contribution in [0.5, 0.6) is 11.5 Å². The molecule has 8 heteroatoms. The van der Waals surface area contributed by atoms with Crippen LogP contribution in [0.4, 0.5) is 13.2 Å². The number of carbonyl (C=O) groups is 1. The Morgan fingerprint density at radius 3 is 2.78 bits per heavy atom. The highest BCUT2D eigenvalue weighted by Crippen LogP contribution is 2.44. The minimum absolute atomic E-state index is 0.0114. The molecule has 27 heavy (non-hydrogen) atoms. The van der Waals surface area contributed by atoms with Crippen LogP contribution in [0, 0.1) is 17.1 Å². The summed E-state index contributed by atoms with van der Waals surface area (Å²) in [5.41, 5.74) is 0.715. The Labute approximate surface area is 151 Å². The van der Waals surface area contributed by atoms with Gasteiger partial charge in [0.05, 0.1) is 17.8 Å². The van der Waals surface area contributed by atoms with E-state index in [1.54, 1.807) is 6.07 Å². The fourth-order valence-corrected chi connectivity index (χ4v) is 3.10. The molecule has 0 bridgehead atoms. The molecule has 1 N–H and O–H groups in total. The number of carbonyl (C=O) groups excluding carboxylic acids is 1. The first kappa shape index (κ1) is 16.8. The van der Waals surface area contributed by atoms with Crippen molar-refractivity contribution in [2.24, 2.45) is 0 Å². The number of ketones is 1. The number of fused-ring (bicyclic) bond motifs is 1. The Balaban J connectivity index is 1.84. The molecule has 1 aliphatic carbocycles. The molecule has 0 spiro atoms. The zero-order chi connectivity index (χ0) is 19.2. The number of halogens is 3. The number of benzene rings is 2. The molecule has 134 valence electrons. The first-order chi connectivity index (χ1) is 12.9. The van der Waals surface area contributed by atoms with E-state index in [1.807, 2.05) is 0 Å². The van der Waals surface area contributed by atoms with Crippen molar-refractivity contribution >= 4 is 5.78 Å². The smallest absolute Gasteiger partial charge is 0.313 e. The summed E-state index contributed by atoms with van der Waals surface area (Å²) in [7, 11) is 0. The monoisotopic (exact) mass is 369 g/mol. The van der Waals surface area contributed by atoms with Crippen molar-refractivity contribution in [3.8, 4) is 28.7 Å². The Bertz CT molecular complexity index is 1100. The molecule has 0 fully saturated rings. The second-order valence-electron chi connectivity index (χ2n) is 6.05. The molecular formula is C19H10F3N3O2. The van der Waals surface area contributed by atoms with E-state index >= 15 is 0 Å². The molecular weight excluding hydrogens is 359 g/mol. The predicted molar refractivity (Wildman–Crippen MR) is 88.2 cm³/mol. The van der Waals surface area contributed by atoms with E-state index in [9.17, 15) is 18.0 Å². The van der Waals surface area contributed by atoms with Gasteiger partial charge in [-0.05, 0) is 29.8 Å². The van der Waals surface area contributed by atoms with E-state index in [-0.39, 0.29) is 28.2 Å². The van der Waals surface area contributed by atoms with Crippen molar-refractivity contribution in [1.82, 2.24) is 10.2 Å². The number of nitrogens with one attached hydrogen (secondary N) is 1. The van der Waals surface area contributed by atoms with Crippen LogP contribution < -0.4 is 4.74 Å². The molecule has 2 aromatic carbocycles. The lowest BCUT2D eigenvalue weighted by molar-refractivity contribution is 0.0167. The molecule has 0 atom stereocenters. The van der Waals surface area contributed by atoms with Gasteiger partial charge < -0.3 is 4.74 Å². The number of hydrogen-bond donors (Lipinski definition) is 1. The quantitative estimate of drug-likeness (QED) is 0.748. The van der Waals surface area contributed by atoms with Crippen molar-refractivity contribution in [2.75, 3.05) is 0 Å². The number of aromatic amines is 1. The molecule has 0 saturated carbocycles. The summed E-state index contributed by atoms with van der Waals surface area (Å²) in [6, 6.07) is 8.05. The van der Waals surface area contributed by atoms with Gasteiger partial charge in [0.1, 0.15) is 17.3 Å². The number of rotatable bonds is 3. The number of hydrogen-bond acceptors (Lipinski definition) is 4. The summed E-state index contributed by atoms with van der Waals surface area (Å²) >= 11 is 0. The topological polar surface area (TPSA) is 78.8 Å². The predicted octanol–water partition coefficient (Wildman–Crippen LogP) is 4.25. The third-order valence-electron chi connectivity index (χ3n) is 4.27.